The first kappa shape index (κ1) is 14.6. The molecular formula is C14H18N2O3S. The number of nitrogens with two attached hydrogens (primary N) is 1. The number of nitrogens with one attached hydrogen (secondary N) is 1. The lowest BCUT2D eigenvalue weighted by molar-refractivity contribution is -0.117. The fourth-order valence-corrected chi connectivity index (χ4v) is 4.32. The van der Waals surface area contributed by atoms with Crippen molar-refractivity contribution >= 4 is 27.5 Å². The van der Waals surface area contributed by atoms with E-state index in [0.717, 1.165) is 5.56 Å². The summed E-state index contributed by atoms with van der Waals surface area (Å²) in [6, 6.07) is 7.12. The first-order valence-electron chi connectivity index (χ1n) is 6.34. The van der Waals surface area contributed by atoms with Gasteiger partial charge in [-0.3, -0.25) is 4.79 Å². The minimum Gasteiger partial charge on any atom is -0.399 e. The van der Waals surface area contributed by atoms with Gasteiger partial charge in [-0.05, 0) is 37.1 Å². The van der Waals surface area contributed by atoms with Gasteiger partial charge in [0.1, 0.15) is 0 Å². The number of carbonyl (C=O) groups excluding carboxylic acids is 1. The third-order valence-corrected chi connectivity index (χ3v) is 5.20. The smallest absolute Gasteiger partial charge is 0.244 e. The molecule has 1 unspecified atom stereocenters. The Kier molecular flexibility index (Phi) is 3.85. The third-order valence-electron chi connectivity index (χ3n) is 3.29. The summed E-state index contributed by atoms with van der Waals surface area (Å²) in [5.41, 5.74) is 6.43. The molecule has 1 fully saturated rings. The average molecular weight is 294 g/mol. The number of hydrogen-bond acceptors (Lipinski definition) is 4. The highest BCUT2D eigenvalue weighted by atomic mass is 32.2. The number of anilines is 1. The number of rotatable bonds is 3. The minimum atomic E-state index is -3.02. The van der Waals surface area contributed by atoms with Crippen molar-refractivity contribution in [2.75, 3.05) is 17.2 Å². The van der Waals surface area contributed by atoms with Gasteiger partial charge < -0.3 is 11.1 Å². The largest absolute Gasteiger partial charge is 0.399 e. The molecule has 1 aliphatic rings. The summed E-state index contributed by atoms with van der Waals surface area (Å²) in [6.45, 7) is 1.76. The molecule has 1 heterocycles. The zero-order valence-corrected chi connectivity index (χ0v) is 12.1. The number of amides is 1. The number of hydrogen-bond donors (Lipinski definition) is 2. The monoisotopic (exact) mass is 294 g/mol. The van der Waals surface area contributed by atoms with E-state index < -0.39 is 15.4 Å². The Balaban J connectivity index is 1.98. The Hall–Kier alpha value is -1.82. The standard InChI is InChI=1S/C14H18N2O3S/c1-14(8-9-20(18,19)10-14)16-13(17)7-4-11-2-5-12(15)6-3-11/h2-7H,8-10,15H2,1H3,(H,16,17)/b7-4+. The van der Waals surface area contributed by atoms with E-state index in [-0.39, 0.29) is 17.4 Å². The molecule has 1 aromatic carbocycles. The SMILES string of the molecule is CC1(NC(=O)/C=C/c2ccc(N)cc2)CCS(=O)(=O)C1. The molecule has 1 aromatic rings. The van der Waals surface area contributed by atoms with Crippen LogP contribution in [-0.2, 0) is 14.6 Å². The molecule has 1 saturated heterocycles. The molecule has 0 aliphatic carbocycles. The molecule has 1 atom stereocenters. The van der Waals surface area contributed by atoms with Crippen LogP contribution >= 0.6 is 0 Å². The highest BCUT2D eigenvalue weighted by molar-refractivity contribution is 7.91. The van der Waals surface area contributed by atoms with Crippen LogP contribution in [0, 0.1) is 0 Å². The van der Waals surface area contributed by atoms with Crippen molar-refractivity contribution in [2.24, 2.45) is 0 Å². The van der Waals surface area contributed by atoms with Gasteiger partial charge in [-0.25, -0.2) is 8.42 Å². The predicted molar refractivity (Wildman–Crippen MR) is 79.7 cm³/mol. The second kappa shape index (κ2) is 5.28. The second-order valence-electron chi connectivity index (χ2n) is 5.39. The van der Waals surface area contributed by atoms with Gasteiger partial charge in [0.15, 0.2) is 9.84 Å². The summed E-state index contributed by atoms with van der Waals surface area (Å²) in [7, 11) is -3.02. The molecule has 0 radical (unpaired) electrons. The maximum Gasteiger partial charge on any atom is 0.244 e. The zero-order chi connectivity index (χ0) is 14.8. The molecule has 6 heteroatoms. The molecule has 1 amide bonds. The molecular weight excluding hydrogens is 276 g/mol. The van der Waals surface area contributed by atoms with Gasteiger partial charge in [-0.1, -0.05) is 12.1 Å². The molecule has 0 bridgehead atoms. The minimum absolute atomic E-state index is 0.00144. The Morgan fingerprint density at radius 3 is 2.55 bits per heavy atom. The van der Waals surface area contributed by atoms with Crippen LogP contribution in [0.3, 0.4) is 0 Å². The lowest BCUT2D eigenvalue weighted by Crippen LogP contribution is -2.46. The van der Waals surface area contributed by atoms with Crippen molar-refractivity contribution in [3.63, 3.8) is 0 Å². The molecule has 108 valence electrons. The van der Waals surface area contributed by atoms with E-state index in [4.69, 9.17) is 5.73 Å². The Labute approximate surface area is 118 Å². The molecule has 0 spiro atoms. The summed E-state index contributed by atoms with van der Waals surface area (Å²) >= 11 is 0. The molecule has 5 nitrogen and oxygen atoms in total. The van der Waals surface area contributed by atoms with Crippen LogP contribution in [0.15, 0.2) is 30.3 Å². The summed E-state index contributed by atoms with van der Waals surface area (Å²) in [4.78, 5) is 11.8. The van der Waals surface area contributed by atoms with Crippen molar-refractivity contribution < 1.29 is 13.2 Å². The molecule has 3 N–H and O–H groups in total. The van der Waals surface area contributed by atoms with Crippen molar-refractivity contribution in [1.29, 1.82) is 0 Å². The first-order chi connectivity index (χ1) is 9.28. The van der Waals surface area contributed by atoms with Gasteiger partial charge >= 0.3 is 0 Å². The van der Waals surface area contributed by atoms with Crippen LogP contribution in [-0.4, -0.2) is 31.4 Å². The second-order valence-corrected chi connectivity index (χ2v) is 7.58. The van der Waals surface area contributed by atoms with E-state index in [9.17, 15) is 13.2 Å². The molecule has 2 rings (SSSR count). The quantitative estimate of drug-likeness (QED) is 0.642. The van der Waals surface area contributed by atoms with Gasteiger partial charge in [-0.2, -0.15) is 0 Å². The molecule has 0 saturated carbocycles. The van der Waals surface area contributed by atoms with E-state index in [1.165, 1.54) is 6.08 Å². The van der Waals surface area contributed by atoms with Crippen molar-refractivity contribution in [3.8, 4) is 0 Å². The Bertz CT molecular complexity index is 635. The van der Waals surface area contributed by atoms with Gasteiger partial charge in [0.25, 0.3) is 0 Å². The van der Waals surface area contributed by atoms with E-state index in [2.05, 4.69) is 5.32 Å². The van der Waals surface area contributed by atoms with Gasteiger partial charge in [0.05, 0.1) is 17.0 Å². The molecule has 20 heavy (non-hydrogen) atoms. The summed E-state index contributed by atoms with van der Waals surface area (Å²) in [6.07, 6.45) is 3.53. The van der Waals surface area contributed by atoms with E-state index in [0.29, 0.717) is 12.1 Å². The highest BCUT2D eigenvalue weighted by Crippen LogP contribution is 2.22. The topological polar surface area (TPSA) is 89.3 Å². The molecule has 1 aliphatic heterocycles. The van der Waals surface area contributed by atoms with Crippen LogP contribution in [0.25, 0.3) is 6.08 Å². The number of sulfone groups is 1. The predicted octanol–water partition coefficient (Wildman–Crippen LogP) is 0.975. The Morgan fingerprint density at radius 1 is 1.35 bits per heavy atom. The van der Waals surface area contributed by atoms with Crippen LogP contribution < -0.4 is 11.1 Å². The van der Waals surface area contributed by atoms with Gasteiger partial charge in [-0.15, -0.1) is 0 Å². The summed E-state index contributed by atoms with van der Waals surface area (Å²) < 4.78 is 22.9. The van der Waals surface area contributed by atoms with Crippen molar-refractivity contribution in [3.05, 3.63) is 35.9 Å². The number of nitrogen functional groups attached to an aromatic ring is 1. The normalized spacial score (nSPS) is 24.9. The first-order valence-corrected chi connectivity index (χ1v) is 8.16. The van der Waals surface area contributed by atoms with Crippen molar-refractivity contribution in [1.82, 2.24) is 5.32 Å². The van der Waals surface area contributed by atoms with E-state index in [1.54, 1.807) is 37.3 Å². The number of carbonyl (C=O) groups is 1. The van der Waals surface area contributed by atoms with Gasteiger partial charge in [0, 0.05) is 11.8 Å². The number of benzene rings is 1. The summed E-state index contributed by atoms with van der Waals surface area (Å²) in [5, 5.41) is 2.76. The fraction of sp³-hybridized carbons (Fsp3) is 0.357. The van der Waals surface area contributed by atoms with Crippen LogP contribution in [0.5, 0.6) is 0 Å². The van der Waals surface area contributed by atoms with E-state index >= 15 is 0 Å². The van der Waals surface area contributed by atoms with Crippen LogP contribution in [0.2, 0.25) is 0 Å². The van der Waals surface area contributed by atoms with E-state index in [1.807, 2.05) is 0 Å². The Morgan fingerprint density at radius 2 is 2.00 bits per heavy atom. The van der Waals surface area contributed by atoms with Crippen LogP contribution in [0.4, 0.5) is 5.69 Å². The van der Waals surface area contributed by atoms with Crippen molar-refractivity contribution in [2.45, 2.75) is 18.9 Å². The third kappa shape index (κ3) is 3.84. The maximum atomic E-state index is 11.8. The highest BCUT2D eigenvalue weighted by Gasteiger charge is 2.38. The maximum absolute atomic E-state index is 11.8. The zero-order valence-electron chi connectivity index (χ0n) is 11.3. The molecule has 0 aromatic heterocycles. The average Bonchev–Trinajstić information content (AvgIpc) is 2.62. The van der Waals surface area contributed by atoms with Gasteiger partial charge in [0.2, 0.25) is 5.91 Å². The lowest BCUT2D eigenvalue weighted by Gasteiger charge is -2.22. The lowest BCUT2D eigenvalue weighted by atomic mass is 10.0. The van der Waals surface area contributed by atoms with Crippen LogP contribution in [0.1, 0.15) is 18.9 Å². The fourth-order valence-electron chi connectivity index (χ4n) is 2.23. The summed E-state index contributed by atoms with van der Waals surface area (Å²) in [5.74, 6) is -0.158.